The first kappa shape index (κ1) is 11.9. The third-order valence-electron chi connectivity index (χ3n) is 2.72. The van der Waals surface area contributed by atoms with Crippen molar-refractivity contribution < 1.29 is 19.5 Å². The Morgan fingerprint density at radius 2 is 1.41 bits per heavy atom. The molecule has 0 amide bonds. The van der Waals surface area contributed by atoms with Crippen LogP contribution in [0.4, 0.5) is 0 Å². The van der Waals surface area contributed by atoms with Crippen molar-refractivity contribution in [2.24, 2.45) is 0 Å². The van der Waals surface area contributed by atoms with E-state index in [1.807, 2.05) is 30.5 Å². The standard InChI is InChI=1S/C15H11N.Ru/c1-2-7-13(8-3-1)15-14-9-5-4-6-12(14)10-11-16-15;/h1-11H;. The van der Waals surface area contributed by atoms with E-state index in [0.29, 0.717) is 0 Å². The molecule has 0 unspecified atom stereocenters. The molecule has 0 aliphatic heterocycles. The fourth-order valence-electron chi connectivity index (χ4n) is 1.95. The van der Waals surface area contributed by atoms with Crippen LogP contribution in [0.3, 0.4) is 0 Å². The van der Waals surface area contributed by atoms with Gasteiger partial charge in [-0.15, -0.1) is 0 Å². The molecule has 0 fully saturated rings. The van der Waals surface area contributed by atoms with Crippen molar-refractivity contribution in [3.8, 4) is 11.3 Å². The van der Waals surface area contributed by atoms with Gasteiger partial charge in [0.05, 0.1) is 5.69 Å². The summed E-state index contributed by atoms with van der Waals surface area (Å²) >= 11 is 0. The van der Waals surface area contributed by atoms with Gasteiger partial charge in [0.2, 0.25) is 0 Å². The Hall–Kier alpha value is -1.53. The minimum Gasteiger partial charge on any atom is -0.256 e. The van der Waals surface area contributed by atoms with Crippen LogP contribution in [0, 0.1) is 0 Å². The van der Waals surface area contributed by atoms with Crippen molar-refractivity contribution >= 4 is 10.8 Å². The van der Waals surface area contributed by atoms with Gasteiger partial charge in [-0.2, -0.15) is 0 Å². The summed E-state index contributed by atoms with van der Waals surface area (Å²) < 4.78 is 0. The minimum absolute atomic E-state index is 0. The van der Waals surface area contributed by atoms with Gasteiger partial charge in [0.1, 0.15) is 0 Å². The molecule has 3 rings (SSSR count). The minimum atomic E-state index is 0. The summed E-state index contributed by atoms with van der Waals surface area (Å²) in [5, 5.41) is 2.44. The molecule has 0 saturated carbocycles. The van der Waals surface area contributed by atoms with Gasteiger partial charge in [-0.05, 0) is 11.5 Å². The quantitative estimate of drug-likeness (QED) is 0.621. The zero-order valence-electron chi connectivity index (χ0n) is 9.15. The number of rotatable bonds is 1. The Balaban J connectivity index is 0.00000108. The molecule has 0 radical (unpaired) electrons. The number of nitrogens with zero attached hydrogens (tertiary/aromatic N) is 1. The van der Waals surface area contributed by atoms with Crippen LogP contribution in [-0.4, -0.2) is 4.98 Å². The van der Waals surface area contributed by atoms with E-state index < -0.39 is 0 Å². The molecule has 2 heteroatoms. The molecule has 2 aromatic carbocycles. The SMILES string of the molecule is [Ru].c1ccc(-c2nccc3ccccc23)cc1. The van der Waals surface area contributed by atoms with Gasteiger partial charge >= 0.3 is 0 Å². The molecule has 84 valence electrons. The molecule has 3 aromatic rings. The predicted octanol–water partition coefficient (Wildman–Crippen LogP) is 3.90. The molecule has 0 atom stereocenters. The smallest absolute Gasteiger partial charge is 0.0780 e. The van der Waals surface area contributed by atoms with Crippen molar-refractivity contribution in [3.05, 3.63) is 66.9 Å². The maximum atomic E-state index is 4.48. The topological polar surface area (TPSA) is 12.9 Å². The van der Waals surface area contributed by atoms with Crippen LogP contribution in [-0.2, 0) is 19.5 Å². The van der Waals surface area contributed by atoms with E-state index in [2.05, 4.69) is 41.4 Å². The first-order valence-electron chi connectivity index (χ1n) is 5.34. The van der Waals surface area contributed by atoms with E-state index in [4.69, 9.17) is 0 Å². The van der Waals surface area contributed by atoms with E-state index in [1.54, 1.807) is 0 Å². The molecule has 1 aromatic heterocycles. The predicted molar refractivity (Wildman–Crippen MR) is 67.2 cm³/mol. The summed E-state index contributed by atoms with van der Waals surface area (Å²) in [6.45, 7) is 0. The Morgan fingerprint density at radius 3 is 2.24 bits per heavy atom. The third-order valence-corrected chi connectivity index (χ3v) is 2.72. The summed E-state index contributed by atoms with van der Waals surface area (Å²) in [4.78, 5) is 4.48. The fraction of sp³-hybridized carbons (Fsp3) is 0. The molecular weight excluding hydrogens is 295 g/mol. The normalized spacial score (nSPS) is 9.88. The Kier molecular flexibility index (Phi) is 3.66. The van der Waals surface area contributed by atoms with Crippen LogP contribution in [0.1, 0.15) is 0 Å². The largest absolute Gasteiger partial charge is 0.256 e. The zero-order chi connectivity index (χ0) is 10.8. The molecule has 0 aliphatic carbocycles. The number of fused-ring (bicyclic) bond motifs is 1. The number of aromatic nitrogens is 1. The van der Waals surface area contributed by atoms with Gasteiger partial charge in [-0.3, -0.25) is 4.98 Å². The third kappa shape index (κ3) is 2.27. The summed E-state index contributed by atoms with van der Waals surface area (Å²) in [5.41, 5.74) is 2.22. The second-order valence-electron chi connectivity index (χ2n) is 3.75. The van der Waals surface area contributed by atoms with Gasteiger partial charge in [-0.25, -0.2) is 0 Å². The number of hydrogen-bond acceptors (Lipinski definition) is 1. The van der Waals surface area contributed by atoms with Crippen LogP contribution in [0.25, 0.3) is 22.0 Å². The van der Waals surface area contributed by atoms with Gasteiger partial charge in [0, 0.05) is 36.6 Å². The molecule has 1 nitrogen and oxygen atoms in total. The van der Waals surface area contributed by atoms with E-state index in [-0.39, 0.29) is 19.5 Å². The van der Waals surface area contributed by atoms with Crippen molar-refractivity contribution in [1.29, 1.82) is 0 Å². The van der Waals surface area contributed by atoms with Crippen LogP contribution in [0.2, 0.25) is 0 Å². The number of hydrogen-bond donors (Lipinski definition) is 0. The molecular formula is C15H11NRu. The van der Waals surface area contributed by atoms with Crippen LogP contribution in [0.15, 0.2) is 66.9 Å². The average molecular weight is 306 g/mol. The summed E-state index contributed by atoms with van der Waals surface area (Å²) in [6.07, 6.45) is 1.87. The van der Waals surface area contributed by atoms with Crippen LogP contribution >= 0.6 is 0 Å². The van der Waals surface area contributed by atoms with E-state index in [0.717, 1.165) is 5.69 Å². The van der Waals surface area contributed by atoms with Crippen molar-refractivity contribution in [2.75, 3.05) is 0 Å². The monoisotopic (exact) mass is 307 g/mol. The molecule has 0 bridgehead atoms. The Morgan fingerprint density at radius 1 is 0.706 bits per heavy atom. The summed E-state index contributed by atoms with van der Waals surface area (Å²) in [5.74, 6) is 0. The molecule has 0 aliphatic rings. The van der Waals surface area contributed by atoms with E-state index in [9.17, 15) is 0 Å². The fourth-order valence-corrected chi connectivity index (χ4v) is 1.95. The first-order valence-corrected chi connectivity index (χ1v) is 5.34. The van der Waals surface area contributed by atoms with E-state index in [1.165, 1.54) is 16.3 Å². The number of benzene rings is 2. The number of pyridine rings is 1. The van der Waals surface area contributed by atoms with Gasteiger partial charge < -0.3 is 0 Å². The van der Waals surface area contributed by atoms with Gasteiger partial charge in [0.15, 0.2) is 0 Å². The Labute approximate surface area is 113 Å². The van der Waals surface area contributed by atoms with Gasteiger partial charge in [-0.1, -0.05) is 54.6 Å². The van der Waals surface area contributed by atoms with Crippen LogP contribution in [0.5, 0.6) is 0 Å². The molecule has 0 saturated heterocycles. The molecule has 1 heterocycles. The van der Waals surface area contributed by atoms with E-state index >= 15 is 0 Å². The molecule has 0 N–H and O–H groups in total. The molecule has 17 heavy (non-hydrogen) atoms. The maximum Gasteiger partial charge on any atom is 0.0780 e. The van der Waals surface area contributed by atoms with Gasteiger partial charge in [0.25, 0.3) is 0 Å². The average Bonchev–Trinajstić information content (AvgIpc) is 2.39. The summed E-state index contributed by atoms with van der Waals surface area (Å²) in [6, 6.07) is 20.7. The molecule has 0 spiro atoms. The second kappa shape index (κ2) is 5.20. The van der Waals surface area contributed by atoms with Crippen molar-refractivity contribution in [3.63, 3.8) is 0 Å². The summed E-state index contributed by atoms with van der Waals surface area (Å²) in [7, 11) is 0. The van der Waals surface area contributed by atoms with Crippen molar-refractivity contribution in [2.45, 2.75) is 0 Å². The van der Waals surface area contributed by atoms with Crippen molar-refractivity contribution in [1.82, 2.24) is 4.98 Å². The second-order valence-corrected chi connectivity index (χ2v) is 3.75. The zero-order valence-corrected chi connectivity index (χ0v) is 10.9. The Bertz CT molecular complexity index is 615. The maximum absolute atomic E-state index is 4.48. The first-order chi connectivity index (χ1) is 7.95. The van der Waals surface area contributed by atoms with Crippen LogP contribution < -0.4 is 0 Å².